The van der Waals surface area contributed by atoms with Crippen LogP contribution in [-0.2, 0) is 0 Å². The summed E-state index contributed by atoms with van der Waals surface area (Å²) in [6.07, 6.45) is 3.83. The molecule has 40 valence electrons. The van der Waals surface area contributed by atoms with Gasteiger partial charge in [0.25, 0.3) is 0 Å². The molecule has 0 aromatic rings. The number of rotatable bonds is 0. The molecular weight excluding hydrogens is 98.1 g/mol. The van der Waals surface area contributed by atoms with Gasteiger partial charge in [0.05, 0.1) is 11.6 Å². The van der Waals surface area contributed by atoms with Gasteiger partial charge in [0, 0.05) is 13.0 Å². The molecule has 1 aliphatic heterocycles. The Labute approximate surface area is 49.4 Å². The minimum atomic E-state index is 1.01. The third-order valence-corrected chi connectivity index (χ3v) is 1.12. The molecule has 0 aliphatic carbocycles. The summed E-state index contributed by atoms with van der Waals surface area (Å²) in [5.41, 5.74) is 2.01. The van der Waals surface area contributed by atoms with Crippen molar-refractivity contribution in [3.63, 3.8) is 0 Å². The zero-order valence-corrected chi connectivity index (χ0v) is 4.89. The van der Waals surface area contributed by atoms with Crippen molar-refractivity contribution in [3.8, 4) is 0 Å². The van der Waals surface area contributed by atoms with Crippen LogP contribution < -0.4 is 0 Å². The van der Waals surface area contributed by atoms with E-state index < -0.39 is 0 Å². The molecule has 0 atom stereocenters. The fourth-order valence-electron chi connectivity index (χ4n) is 0.518. The Morgan fingerprint density at radius 3 is 2.88 bits per heavy atom. The summed E-state index contributed by atoms with van der Waals surface area (Å²) in [5, 5.41) is 0. The van der Waals surface area contributed by atoms with Crippen LogP contribution in [-0.4, -0.2) is 5.71 Å². The highest BCUT2D eigenvalue weighted by Crippen LogP contribution is 2.04. The molecule has 0 aromatic carbocycles. The third-order valence-electron chi connectivity index (χ3n) is 1.12. The monoisotopic (exact) mass is 106 g/mol. The minimum Gasteiger partial charge on any atom is -0.132 e. The Balaban J connectivity index is 2.78. The van der Waals surface area contributed by atoms with Gasteiger partial charge in [-0.15, -0.1) is 4.99 Å². The summed E-state index contributed by atoms with van der Waals surface area (Å²) in [4.78, 5) is 4.02. The lowest BCUT2D eigenvalue weighted by Gasteiger charge is -1.91. The number of hydrogen-bond donors (Lipinski definition) is 0. The summed E-state index contributed by atoms with van der Waals surface area (Å²) >= 11 is 0. The molecule has 1 heteroatoms. The highest BCUT2D eigenvalue weighted by atomic mass is 14.7. The lowest BCUT2D eigenvalue weighted by Crippen LogP contribution is -1.95. The number of nitrogens with zero attached hydrogens (tertiary/aromatic N) is 1. The van der Waals surface area contributed by atoms with Crippen LogP contribution in [0.3, 0.4) is 0 Å². The van der Waals surface area contributed by atoms with Crippen molar-refractivity contribution in [1.29, 1.82) is 0 Å². The first kappa shape index (κ1) is 5.16. The maximum atomic E-state index is 4.02. The lowest BCUT2D eigenvalue weighted by molar-refractivity contribution is 1.37. The number of allylic oxidation sites excluding steroid dienone is 2. The van der Waals surface area contributed by atoms with Crippen LogP contribution in [0.1, 0.15) is 6.92 Å². The quantitative estimate of drug-likeness (QED) is 0.417. The van der Waals surface area contributed by atoms with E-state index in [1.54, 1.807) is 6.54 Å². The van der Waals surface area contributed by atoms with Crippen LogP contribution in [0, 0.1) is 6.54 Å². The molecule has 1 aliphatic rings. The van der Waals surface area contributed by atoms with Crippen molar-refractivity contribution in [2.45, 2.75) is 6.92 Å². The van der Waals surface area contributed by atoms with Crippen LogP contribution in [0.15, 0.2) is 29.3 Å². The van der Waals surface area contributed by atoms with Gasteiger partial charge in [0.1, 0.15) is 12.3 Å². The number of dihydropyridines is 1. The summed E-state index contributed by atoms with van der Waals surface area (Å²) in [7, 11) is 0. The molecule has 1 rings (SSSR count). The van der Waals surface area contributed by atoms with Gasteiger partial charge in [-0.05, 0) is 0 Å². The SMILES string of the molecule is C=C1C=C[CH+]N=C1C. The summed E-state index contributed by atoms with van der Waals surface area (Å²) < 4.78 is 0. The topological polar surface area (TPSA) is 12.4 Å². The van der Waals surface area contributed by atoms with Crippen LogP contribution in [0.25, 0.3) is 0 Å². The Bertz CT molecular complexity index is 163. The zero-order chi connectivity index (χ0) is 5.98. The van der Waals surface area contributed by atoms with Crippen LogP contribution >= 0.6 is 0 Å². The predicted molar refractivity (Wildman–Crippen MR) is 35.7 cm³/mol. The maximum Gasteiger partial charge on any atom is 0.149 e. The molecule has 0 aromatic heterocycles. The smallest absolute Gasteiger partial charge is 0.132 e. The normalized spacial score (nSPS) is 17.6. The molecule has 1 nitrogen and oxygen atoms in total. The molecular formula is C7H8N+. The summed E-state index contributed by atoms with van der Waals surface area (Å²) in [6, 6.07) is 0. The first-order valence-corrected chi connectivity index (χ1v) is 2.54. The predicted octanol–water partition coefficient (Wildman–Crippen LogP) is 1.74. The standard InChI is InChI=1S/C7H8N/c1-6-4-3-5-8-7(6)2/h3-5H,1H2,2H3/q+1. The first-order chi connectivity index (χ1) is 3.80. The maximum absolute atomic E-state index is 4.02. The Kier molecular flexibility index (Phi) is 1.20. The van der Waals surface area contributed by atoms with Gasteiger partial charge in [0.2, 0.25) is 0 Å². The number of aliphatic imine (C=N–C) groups is 1. The summed E-state index contributed by atoms with van der Waals surface area (Å²) in [6.45, 7) is 7.47. The van der Waals surface area contributed by atoms with Crippen LogP contribution in [0.2, 0.25) is 0 Å². The van der Waals surface area contributed by atoms with Gasteiger partial charge in [0.15, 0.2) is 0 Å². The van der Waals surface area contributed by atoms with E-state index in [0.29, 0.717) is 0 Å². The van der Waals surface area contributed by atoms with E-state index in [-0.39, 0.29) is 0 Å². The van der Waals surface area contributed by atoms with E-state index in [4.69, 9.17) is 0 Å². The van der Waals surface area contributed by atoms with Gasteiger partial charge in [-0.2, -0.15) is 0 Å². The second kappa shape index (κ2) is 1.86. The Morgan fingerprint density at radius 2 is 2.50 bits per heavy atom. The van der Waals surface area contributed by atoms with E-state index in [1.807, 2.05) is 19.1 Å². The summed E-state index contributed by atoms with van der Waals surface area (Å²) in [5.74, 6) is 0. The number of hydrogen-bond acceptors (Lipinski definition) is 1. The van der Waals surface area contributed by atoms with Crippen molar-refractivity contribution in [3.05, 3.63) is 30.8 Å². The molecule has 0 bridgehead atoms. The fraction of sp³-hybridized carbons (Fsp3) is 0.143. The van der Waals surface area contributed by atoms with E-state index in [1.165, 1.54) is 0 Å². The van der Waals surface area contributed by atoms with E-state index in [9.17, 15) is 0 Å². The van der Waals surface area contributed by atoms with Gasteiger partial charge >= 0.3 is 0 Å². The lowest BCUT2D eigenvalue weighted by atomic mass is 10.1. The first-order valence-electron chi connectivity index (χ1n) is 2.54. The van der Waals surface area contributed by atoms with Crippen molar-refractivity contribution < 1.29 is 0 Å². The molecule has 0 saturated heterocycles. The average Bonchev–Trinajstić information content (AvgIpc) is 1.77. The molecule has 0 N–H and O–H groups in total. The molecule has 1 heterocycles. The molecule has 0 fully saturated rings. The van der Waals surface area contributed by atoms with Crippen molar-refractivity contribution in [1.82, 2.24) is 0 Å². The second-order valence-electron chi connectivity index (χ2n) is 1.75. The fourth-order valence-corrected chi connectivity index (χ4v) is 0.518. The minimum absolute atomic E-state index is 1.01. The third kappa shape index (κ3) is 0.808. The van der Waals surface area contributed by atoms with Gasteiger partial charge in [-0.1, -0.05) is 6.58 Å². The highest BCUT2D eigenvalue weighted by molar-refractivity contribution is 6.01. The highest BCUT2D eigenvalue weighted by Gasteiger charge is 2.05. The molecule has 0 saturated carbocycles. The zero-order valence-electron chi connectivity index (χ0n) is 4.89. The van der Waals surface area contributed by atoms with Crippen molar-refractivity contribution in [2.75, 3.05) is 0 Å². The largest absolute Gasteiger partial charge is 0.149 e. The second-order valence-corrected chi connectivity index (χ2v) is 1.75. The average molecular weight is 106 g/mol. The van der Waals surface area contributed by atoms with E-state index in [2.05, 4.69) is 11.6 Å². The molecule has 0 radical (unpaired) electrons. The van der Waals surface area contributed by atoms with Gasteiger partial charge in [-0.3, -0.25) is 0 Å². The molecule has 8 heavy (non-hydrogen) atoms. The van der Waals surface area contributed by atoms with Crippen molar-refractivity contribution >= 4 is 5.71 Å². The van der Waals surface area contributed by atoms with Gasteiger partial charge < -0.3 is 0 Å². The Hall–Kier alpha value is -0.980. The Morgan fingerprint density at radius 1 is 1.75 bits per heavy atom. The van der Waals surface area contributed by atoms with Crippen LogP contribution in [0.4, 0.5) is 0 Å². The van der Waals surface area contributed by atoms with Crippen LogP contribution in [0.5, 0.6) is 0 Å². The van der Waals surface area contributed by atoms with E-state index >= 15 is 0 Å². The molecule has 0 amide bonds. The van der Waals surface area contributed by atoms with E-state index in [0.717, 1.165) is 11.3 Å². The molecule has 0 spiro atoms. The molecule has 0 unspecified atom stereocenters. The van der Waals surface area contributed by atoms with Crippen molar-refractivity contribution in [2.24, 2.45) is 4.99 Å². The van der Waals surface area contributed by atoms with Gasteiger partial charge in [-0.25, -0.2) is 0 Å².